The molecule has 0 fully saturated rings. The van der Waals surface area contributed by atoms with Crippen LogP contribution in [-0.2, 0) is 0 Å². The maximum absolute atomic E-state index is 8.84. The van der Waals surface area contributed by atoms with Gasteiger partial charge in [0.05, 0.1) is 0 Å². The molecule has 1 aromatic carbocycles. The number of allylic oxidation sites excluding steroid dienone is 1. The SMILES string of the molecule is [C-]#[N+]C(=Cc1ccc(-c2ccc(-c3ccc(C=C(C#N)C#N)cc3)s2)s1)[N+]#[C-]. The minimum atomic E-state index is 0.0605. The highest BCUT2D eigenvalue weighted by Crippen LogP contribution is 2.38. The van der Waals surface area contributed by atoms with Crippen LogP contribution in [0.3, 0.4) is 0 Å². The van der Waals surface area contributed by atoms with Gasteiger partial charge in [-0.05, 0) is 41.5 Å². The van der Waals surface area contributed by atoms with Gasteiger partial charge in [0.2, 0.25) is 0 Å². The summed E-state index contributed by atoms with van der Waals surface area (Å²) in [6.07, 6.45) is 3.16. The maximum atomic E-state index is 8.84. The number of rotatable bonds is 4. The van der Waals surface area contributed by atoms with E-state index in [4.69, 9.17) is 23.7 Å². The molecule has 0 unspecified atom stereocenters. The van der Waals surface area contributed by atoms with Gasteiger partial charge in [0.15, 0.2) is 0 Å². The third-order valence-corrected chi connectivity index (χ3v) is 6.09. The van der Waals surface area contributed by atoms with Crippen molar-refractivity contribution in [3.63, 3.8) is 0 Å². The second-order valence-electron chi connectivity index (χ2n) is 5.50. The van der Waals surface area contributed by atoms with E-state index in [2.05, 4.69) is 21.8 Å². The van der Waals surface area contributed by atoms with Gasteiger partial charge >= 0.3 is 5.82 Å². The van der Waals surface area contributed by atoms with E-state index in [9.17, 15) is 0 Å². The fraction of sp³-hybridized carbons (Fsp3) is 0. The summed E-state index contributed by atoms with van der Waals surface area (Å²) < 4.78 is 0. The average molecular weight is 394 g/mol. The molecular formula is C22H10N4S2. The van der Waals surface area contributed by atoms with Crippen LogP contribution in [0.2, 0.25) is 0 Å². The molecule has 130 valence electrons. The van der Waals surface area contributed by atoms with Gasteiger partial charge in [-0.15, -0.1) is 22.7 Å². The van der Waals surface area contributed by atoms with Gasteiger partial charge in [-0.3, -0.25) is 0 Å². The Bertz CT molecular complexity index is 1210. The van der Waals surface area contributed by atoms with E-state index >= 15 is 0 Å². The smallest absolute Gasteiger partial charge is 0.192 e. The number of hydrogen-bond acceptors (Lipinski definition) is 4. The number of benzene rings is 1. The van der Waals surface area contributed by atoms with Crippen LogP contribution < -0.4 is 0 Å². The summed E-state index contributed by atoms with van der Waals surface area (Å²) in [4.78, 5) is 10.6. The van der Waals surface area contributed by atoms with Crippen molar-refractivity contribution in [2.24, 2.45) is 0 Å². The first-order chi connectivity index (χ1) is 13.7. The highest BCUT2D eigenvalue weighted by atomic mass is 32.1. The van der Waals surface area contributed by atoms with Crippen LogP contribution in [0.4, 0.5) is 0 Å². The van der Waals surface area contributed by atoms with Gasteiger partial charge in [0.25, 0.3) is 0 Å². The Morgan fingerprint density at radius 3 is 2.04 bits per heavy atom. The van der Waals surface area contributed by atoms with Crippen molar-refractivity contribution in [1.82, 2.24) is 0 Å². The zero-order valence-corrected chi connectivity index (χ0v) is 16.0. The van der Waals surface area contributed by atoms with Crippen molar-refractivity contribution in [2.45, 2.75) is 0 Å². The largest absolute Gasteiger partial charge is 0.520 e. The average Bonchev–Trinajstić information content (AvgIpc) is 3.40. The molecule has 0 saturated heterocycles. The Morgan fingerprint density at radius 1 is 0.786 bits per heavy atom. The number of thiophene rings is 2. The lowest BCUT2D eigenvalue weighted by molar-refractivity contribution is 1.47. The first-order valence-electron chi connectivity index (χ1n) is 7.96. The molecule has 0 saturated carbocycles. The molecule has 3 rings (SSSR count). The van der Waals surface area contributed by atoms with Crippen molar-refractivity contribution in [3.8, 4) is 32.3 Å². The fourth-order valence-corrected chi connectivity index (χ4v) is 4.45. The van der Waals surface area contributed by atoms with Crippen molar-refractivity contribution in [1.29, 1.82) is 10.5 Å². The molecule has 28 heavy (non-hydrogen) atoms. The Kier molecular flexibility index (Phi) is 5.81. The highest BCUT2D eigenvalue weighted by molar-refractivity contribution is 7.24. The van der Waals surface area contributed by atoms with Crippen LogP contribution in [0.15, 0.2) is 59.9 Å². The molecule has 6 heteroatoms. The monoisotopic (exact) mass is 394 g/mol. The molecule has 0 spiro atoms. The van der Waals surface area contributed by atoms with Crippen molar-refractivity contribution >= 4 is 34.8 Å². The van der Waals surface area contributed by atoms with E-state index in [0.29, 0.717) is 0 Å². The van der Waals surface area contributed by atoms with E-state index in [-0.39, 0.29) is 11.4 Å². The summed E-state index contributed by atoms with van der Waals surface area (Å²) in [6.45, 7) is 13.9. The van der Waals surface area contributed by atoms with E-state index in [0.717, 1.165) is 30.6 Å². The van der Waals surface area contributed by atoms with Crippen molar-refractivity contribution in [2.75, 3.05) is 0 Å². The molecule has 0 radical (unpaired) electrons. The van der Waals surface area contributed by atoms with Gasteiger partial charge < -0.3 is 0 Å². The lowest BCUT2D eigenvalue weighted by atomic mass is 10.1. The topological polar surface area (TPSA) is 56.3 Å². The minimum Gasteiger partial charge on any atom is -0.192 e. The van der Waals surface area contributed by atoms with Gasteiger partial charge in [0, 0.05) is 25.6 Å². The zero-order chi connectivity index (χ0) is 19.9. The second kappa shape index (κ2) is 8.63. The van der Waals surface area contributed by atoms with Crippen molar-refractivity contribution < 1.29 is 0 Å². The third-order valence-electron chi connectivity index (χ3n) is 3.72. The summed E-state index contributed by atoms with van der Waals surface area (Å²) in [5.41, 5.74) is 1.95. The second-order valence-corrected chi connectivity index (χ2v) is 7.69. The molecule has 0 bridgehead atoms. The molecule has 3 aromatic rings. The van der Waals surface area contributed by atoms with E-state index in [1.54, 1.807) is 34.8 Å². The van der Waals surface area contributed by atoms with Gasteiger partial charge in [0.1, 0.15) is 30.9 Å². The van der Waals surface area contributed by atoms with Gasteiger partial charge in [-0.1, -0.05) is 24.3 Å². The van der Waals surface area contributed by atoms with Gasteiger partial charge in [-0.25, -0.2) is 0 Å². The van der Waals surface area contributed by atoms with E-state index < -0.39 is 0 Å². The molecule has 2 aromatic heterocycles. The van der Waals surface area contributed by atoms with Crippen LogP contribution in [0.5, 0.6) is 0 Å². The molecular weight excluding hydrogens is 384 g/mol. The number of nitriles is 2. The van der Waals surface area contributed by atoms with Crippen LogP contribution in [-0.4, -0.2) is 0 Å². The summed E-state index contributed by atoms with van der Waals surface area (Å²) in [6, 6.07) is 19.4. The lowest BCUT2D eigenvalue weighted by Gasteiger charge is -1.98. The van der Waals surface area contributed by atoms with Crippen LogP contribution >= 0.6 is 22.7 Å². The maximum Gasteiger partial charge on any atom is 0.520 e. The predicted molar refractivity (Wildman–Crippen MR) is 113 cm³/mol. The minimum absolute atomic E-state index is 0.0605. The molecule has 0 aliphatic heterocycles. The lowest BCUT2D eigenvalue weighted by Crippen LogP contribution is -1.77. The molecule has 0 aliphatic carbocycles. The third kappa shape index (κ3) is 4.24. The molecule has 4 nitrogen and oxygen atoms in total. The first kappa shape index (κ1) is 18.8. The van der Waals surface area contributed by atoms with Gasteiger partial charge in [-0.2, -0.15) is 20.2 Å². The summed E-state index contributed by atoms with van der Waals surface area (Å²) in [7, 11) is 0. The molecule has 0 aliphatic rings. The number of nitrogens with zero attached hydrogens (tertiary/aromatic N) is 4. The Balaban J connectivity index is 1.83. The van der Waals surface area contributed by atoms with Crippen molar-refractivity contribution in [3.05, 3.63) is 93.2 Å². The summed E-state index contributed by atoms with van der Waals surface area (Å²) in [5, 5.41) is 17.7. The highest BCUT2D eigenvalue weighted by Gasteiger charge is 2.09. The quantitative estimate of drug-likeness (QED) is 0.365. The Hall–Kier alpha value is -3.94. The number of hydrogen-bond donors (Lipinski definition) is 0. The van der Waals surface area contributed by atoms with Crippen LogP contribution in [0.25, 0.3) is 42.0 Å². The standard InChI is InChI=1S/C22H10N4S2/c1-25-22(26-2)12-18-7-8-20(27-18)21-10-9-19(28-21)17-5-3-15(4-6-17)11-16(13-23)14-24/h3-12H. The molecule has 0 amide bonds. The normalized spacial score (nSPS) is 9.29. The first-order valence-corrected chi connectivity index (χ1v) is 9.59. The van der Waals surface area contributed by atoms with Crippen LogP contribution in [0, 0.1) is 35.8 Å². The summed E-state index contributed by atoms with van der Waals surface area (Å²) in [5.74, 6) is 0.0605. The Labute approximate surface area is 170 Å². The predicted octanol–water partition coefficient (Wildman–Crippen LogP) is 6.71. The molecule has 0 atom stereocenters. The molecule has 2 heterocycles. The van der Waals surface area contributed by atoms with E-state index in [1.165, 1.54) is 0 Å². The van der Waals surface area contributed by atoms with E-state index in [1.807, 2.05) is 48.5 Å². The summed E-state index contributed by atoms with van der Waals surface area (Å²) >= 11 is 3.21. The fourth-order valence-electron chi connectivity index (χ4n) is 2.40. The Morgan fingerprint density at radius 2 is 1.39 bits per heavy atom. The zero-order valence-electron chi connectivity index (χ0n) is 14.4. The molecule has 0 N–H and O–H groups in total. The van der Waals surface area contributed by atoms with Crippen LogP contribution in [0.1, 0.15) is 10.4 Å².